The number of benzene rings is 1. The number of amides is 1. The molecule has 3 N–H and O–H groups in total. The van der Waals surface area contributed by atoms with E-state index in [1.54, 1.807) is 30.3 Å². The fraction of sp³-hybridized carbons (Fsp3) is 0.111. The van der Waals surface area contributed by atoms with E-state index in [2.05, 4.69) is 0 Å². The van der Waals surface area contributed by atoms with Gasteiger partial charge in [0.2, 0.25) is 5.91 Å². The van der Waals surface area contributed by atoms with Crippen LogP contribution in [0.1, 0.15) is 11.5 Å². The molecule has 0 radical (unpaired) electrons. The summed E-state index contributed by atoms with van der Waals surface area (Å²) in [5.41, 5.74) is 5.35. The molecule has 4 heteroatoms. The molecular formula is C9H9NO3. The highest BCUT2D eigenvalue weighted by atomic mass is 16.4. The molecule has 0 heterocycles. The molecule has 68 valence electrons. The Balaban J connectivity index is 3.03. The minimum atomic E-state index is -1.25. The SMILES string of the molecule is NC(=O)C(C(=O)O)c1ccccc1. The van der Waals surface area contributed by atoms with Gasteiger partial charge in [-0.25, -0.2) is 0 Å². The fourth-order valence-corrected chi connectivity index (χ4v) is 1.07. The molecule has 4 nitrogen and oxygen atoms in total. The van der Waals surface area contributed by atoms with Gasteiger partial charge in [0, 0.05) is 0 Å². The van der Waals surface area contributed by atoms with Crippen LogP contribution in [0.5, 0.6) is 0 Å². The van der Waals surface area contributed by atoms with Crippen molar-refractivity contribution in [3.05, 3.63) is 35.9 Å². The highest BCUT2D eigenvalue weighted by Gasteiger charge is 2.25. The van der Waals surface area contributed by atoms with Crippen molar-refractivity contribution in [1.82, 2.24) is 0 Å². The van der Waals surface area contributed by atoms with Gasteiger partial charge < -0.3 is 10.8 Å². The van der Waals surface area contributed by atoms with Crippen LogP contribution in [0.25, 0.3) is 0 Å². The zero-order valence-corrected chi connectivity index (χ0v) is 6.81. The first-order valence-corrected chi connectivity index (χ1v) is 3.70. The van der Waals surface area contributed by atoms with E-state index in [1.807, 2.05) is 0 Å². The Bertz CT molecular complexity index is 307. The van der Waals surface area contributed by atoms with Crippen LogP contribution in [0.3, 0.4) is 0 Å². The third-order valence-corrected chi connectivity index (χ3v) is 1.66. The summed E-state index contributed by atoms with van der Waals surface area (Å²) in [5, 5.41) is 8.70. The Morgan fingerprint density at radius 1 is 1.23 bits per heavy atom. The van der Waals surface area contributed by atoms with Gasteiger partial charge in [-0.05, 0) is 5.56 Å². The molecule has 0 saturated heterocycles. The van der Waals surface area contributed by atoms with Crippen molar-refractivity contribution < 1.29 is 14.7 Å². The number of carbonyl (C=O) groups excluding carboxylic acids is 1. The topological polar surface area (TPSA) is 80.4 Å². The fourth-order valence-electron chi connectivity index (χ4n) is 1.07. The van der Waals surface area contributed by atoms with Crippen LogP contribution in [0.4, 0.5) is 0 Å². The third-order valence-electron chi connectivity index (χ3n) is 1.66. The van der Waals surface area contributed by atoms with Gasteiger partial charge in [-0.15, -0.1) is 0 Å². The molecule has 1 rings (SSSR count). The molecule has 13 heavy (non-hydrogen) atoms. The predicted molar refractivity (Wildman–Crippen MR) is 46.0 cm³/mol. The molecule has 0 aliphatic carbocycles. The molecule has 1 aromatic carbocycles. The van der Waals surface area contributed by atoms with Gasteiger partial charge in [0.05, 0.1) is 0 Å². The molecule has 1 amide bonds. The average molecular weight is 179 g/mol. The predicted octanol–water partition coefficient (Wildman–Crippen LogP) is 0.340. The van der Waals surface area contributed by atoms with E-state index in [-0.39, 0.29) is 0 Å². The van der Waals surface area contributed by atoms with Crippen LogP contribution in [-0.4, -0.2) is 17.0 Å². The first kappa shape index (κ1) is 9.25. The lowest BCUT2D eigenvalue weighted by atomic mass is 9.99. The molecule has 0 aliphatic rings. The van der Waals surface area contributed by atoms with Gasteiger partial charge in [0.15, 0.2) is 5.92 Å². The molecule has 0 saturated carbocycles. The van der Waals surface area contributed by atoms with Crippen molar-refractivity contribution in [2.24, 2.45) is 5.73 Å². The van der Waals surface area contributed by atoms with Crippen molar-refractivity contribution >= 4 is 11.9 Å². The van der Waals surface area contributed by atoms with E-state index in [4.69, 9.17) is 10.8 Å². The van der Waals surface area contributed by atoms with Crippen LogP contribution in [0.15, 0.2) is 30.3 Å². The molecule has 0 aromatic heterocycles. The van der Waals surface area contributed by atoms with Gasteiger partial charge in [0.25, 0.3) is 0 Å². The standard InChI is InChI=1S/C9H9NO3/c10-8(11)7(9(12)13)6-4-2-1-3-5-6/h1-5,7H,(H2,10,11)(H,12,13). The Kier molecular flexibility index (Phi) is 2.64. The second kappa shape index (κ2) is 3.71. The van der Waals surface area contributed by atoms with E-state index >= 15 is 0 Å². The summed E-state index contributed by atoms with van der Waals surface area (Å²) in [6, 6.07) is 8.18. The molecule has 0 aliphatic heterocycles. The summed E-state index contributed by atoms with van der Waals surface area (Å²) in [6.45, 7) is 0. The summed E-state index contributed by atoms with van der Waals surface area (Å²) in [5.74, 6) is -3.32. The Labute approximate surface area is 75.0 Å². The van der Waals surface area contributed by atoms with E-state index < -0.39 is 17.8 Å². The Morgan fingerprint density at radius 2 is 1.77 bits per heavy atom. The number of carboxylic acids is 1. The van der Waals surface area contributed by atoms with Gasteiger partial charge >= 0.3 is 5.97 Å². The maximum Gasteiger partial charge on any atom is 0.320 e. The summed E-state index contributed by atoms with van der Waals surface area (Å²) in [6.07, 6.45) is 0. The monoisotopic (exact) mass is 179 g/mol. The minimum Gasteiger partial charge on any atom is -0.480 e. The van der Waals surface area contributed by atoms with E-state index in [9.17, 15) is 9.59 Å². The zero-order chi connectivity index (χ0) is 9.84. The summed E-state index contributed by atoms with van der Waals surface area (Å²) >= 11 is 0. The first-order valence-electron chi connectivity index (χ1n) is 3.70. The molecular weight excluding hydrogens is 170 g/mol. The second-order valence-corrected chi connectivity index (χ2v) is 2.58. The van der Waals surface area contributed by atoms with E-state index in [0.29, 0.717) is 5.56 Å². The molecule has 1 atom stereocenters. The van der Waals surface area contributed by atoms with Crippen LogP contribution < -0.4 is 5.73 Å². The molecule has 1 aromatic rings. The lowest BCUT2D eigenvalue weighted by molar-refractivity contribution is -0.142. The van der Waals surface area contributed by atoms with Crippen molar-refractivity contribution in [2.45, 2.75) is 5.92 Å². The maximum atomic E-state index is 10.8. The molecule has 0 bridgehead atoms. The quantitative estimate of drug-likeness (QED) is 0.656. The number of primary amides is 1. The number of aliphatic carboxylic acids is 1. The largest absolute Gasteiger partial charge is 0.480 e. The van der Waals surface area contributed by atoms with Crippen LogP contribution >= 0.6 is 0 Å². The summed E-state index contributed by atoms with van der Waals surface area (Å²) in [7, 11) is 0. The van der Waals surface area contributed by atoms with Crippen molar-refractivity contribution in [1.29, 1.82) is 0 Å². The number of hydrogen-bond acceptors (Lipinski definition) is 2. The highest BCUT2D eigenvalue weighted by molar-refractivity contribution is 6.01. The van der Waals surface area contributed by atoms with Gasteiger partial charge in [-0.2, -0.15) is 0 Å². The van der Waals surface area contributed by atoms with Crippen LogP contribution in [-0.2, 0) is 9.59 Å². The second-order valence-electron chi connectivity index (χ2n) is 2.58. The smallest absolute Gasteiger partial charge is 0.320 e. The van der Waals surface area contributed by atoms with Gasteiger partial charge in [0.1, 0.15) is 0 Å². The number of hydrogen-bond donors (Lipinski definition) is 2. The lowest BCUT2D eigenvalue weighted by Gasteiger charge is -2.07. The number of carbonyl (C=O) groups is 2. The lowest BCUT2D eigenvalue weighted by Crippen LogP contribution is -2.27. The van der Waals surface area contributed by atoms with Gasteiger partial charge in [-0.1, -0.05) is 30.3 Å². The Morgan fingerprint density at radius 3 is 2.15 bits per heavy atom. The van der Waals surface area contributed by atoms with E-state index in [1.165, 1.54) is 0 Å². The molecule has 1 unspecified atom stereocenters. The highest BCUT2D eigenvalue weighted by Crippen LogP contribution is 2.14. The summed E-state index contributed by atoms with van der Waals surface area (Å²) < 4.78 is 0. The van der Waals surface area contributed by atoms with E-state index in [0.717, 1.165) is 0 Å². The number of rotatable bonds is 3. The molecule has 0 spiro atoms. The number of carboxylic acid groups (broad SMARTS) is 1. The van der Waals surface area contributed by atoms with Crippen LogP contribution in [0, 0.1) is 0 Å². The normalized spacial score (nSPS) is 12.0. The maximum absolute atomic E-state index is 10.8. The Hall–Kier alpha value is -1.84. The van der Waals surface area contributed by atoms with Crippen molar-refractivity contribution in [3.8, 4) is 0 Å². The van der Waals surface area contributed by atoms with Crippen molar-refractivity contribution in [3.63, 3.8) is 0 Å². The zero-order valence-electron chi connectivity index (χ0n) is 6.81. The number of nitrogens with two attached hydrogens (primary N) is 1. The van der Waals surface area contributed by atoms with Crippen LogP contribution in [0.2, 0.25) is 0 Å². The summed E-state index contributed by atoms with van der Waals surface area (Å²) in [4.78, 5) is 21.4. The average Bonchev–Trinajstić information content (AvgIpc) is 2.04. The minimum absolute atomic E-state index is 0.405. The molecule has 0 fully saturated rings. The van der Waals surface area contributed by atoms with Crippen molar-refractivity contribution in [2.75, 3.05) is 0 Å². The first-order chi connectivity index (χ1) is 6.13. The third kappa shape index (κ3) is 2.05. The van der Waals surface area contributed by atoms with Gasteiger partial charge in [-0.3, -0.25) is 9.59 Å².